The molecule has 0 saturated carbocycles. The van der Waals surface area contributed by atoms with E-state index < -0.39 is 16.8 Å². The third-order valence-electron chi connectivity index (χ3n) is 3.50. The molecule has 0 N–H and O–H groups in total. The van der Waals surface area contributed by atoms with Crippen molar-refractivity contribution >= 4 is 16.9 Å². The quantitative estimate of drug-likeness (QED) is 0.445. The Hall–Kier alpha value is -2.37. The summed E-state index contributed by atoms with van der Waals surface area (Å²) < 4.78 is 10.6. The first kappa shape index (κ1) is 16.0. The van der Waals surface area contributed by atoms with Crippen molar-refractivity contribution < 1.29 is 18.9 Å². The highest BCUT2D eigenvalue weighted by atomic mass is 16.6. The molecule has 1 atom stereocenters. The highest BCUT2D eigenvalue weighted by Crippen LogP contribution is 2.28. The van der Waals surface area contributed by atoms with Gasteiger partial charge in [0.1, 0.15) is 11.3 Å². The van der Waals surface area contributed by atoms with E-state index in [1.165, 1.54) is 0 Å². The monoisotopic (exact) mass is 305 g/mol. The molecule has 0 radical (unpaired) electrons. The number of carbonyl (C=O) groups excluding carboxylic acids is 1. The lowest BCUT2D eigenvalue weighted by atomic mass is 10.0. The number of nitrogens with zero attached hydrogens (tertiary/aromatic N) is 1. The van der Waals surface area contributed by atoms with Gasteiger partial charge in [-0.25, -0.2) is 0 Å². The number of benzene rings is 1. The molecule has 1 aromatic heterocycles. The van der Waals surface area contributed by atoms with E-state index in [9.17, 15) is 14.9 Å². The van der Waals surface area contributed by atoms with E-state index in [1.54, 1.807) is 13.0 Å². The molecule has 0 bridgehead atoms. The van der Waals surface area contributed by atoms with E-state index in [-0.39, 0.29) is 19.6 Å². The number of hydrogen-bond acceptors (Lipinski definition) is 5. The Balaban J connectivity index is 2.29. The van der Waals surface area contributed by atoms with Crippen LogP contribution in [0.25, 0.3) is 11.0 Å². The summed E-state index contributed by atoms with van der Waals surface area (Å²) in [5.74, 6) is -0.622. The van der Waals surface area contributed by atoms with Crippen molar-refractivity contribution in [3.63, 3.8) is 0 Å². The molecule has 118 valence electrons. The average Bonchev–Trinajstić information content (AvgIpc) is 2.89. The maximum absolute atomic E-state index is 11.6. The summed E-state index contributed by atoms with van der Waals surface area (Å²) in [4.78, 5) is 22.1. The second kappa shape index (κ2) is 7.06. The third kappa shape index (κ3) is 3.84. The number of fused-ring (bicyclic) bond motifs is 1. The highest BCUT2D eigenvalue weighted by molar-refractivity contribution is 5.79. The Morgan fingerprint density at radius 2 is 2.14 bits per heavy atom. The van der Waals surface area contributed by atoms with Gasteiger partial charge in [-0.15, -0.1) is 0 Å². The van der Waals surface area contributed by atoms with Crippen molar-refractivity contribution in [2.75, 3.05) is 13.2 Å². The number of rotatable bonds is 7. The fourth-order valence-corrected chi connectivity index (χ4v) is 2.39. The van der Waals surface area contributed by atoms with Crippen LogP contribution >= 0.6 is 0 Å². The van der Waals surface area contributed by atoms with Crippen LogP contribution in [0.4, 0.5) is 0 Å². The van der Waals surface area contributed by atoms with E-state index in [4.69, 9.17) is 9.15 Å². The molecule has 0 aliphatic rings. The summed E-state index contributed by atoms with van der Waals surface area (Å²) in [6, 6.07) is 7.59. The van der Waals surface area contributed by atoms with Crippen LogP contribution in [-0.4, -0.2) is 24.0 Å². The number of ether oxygens (including phenoxy) is 1. The van der Waals surface area contributed by atoms with E-state index in [0.29, 0.717) is 11.3 Å². The largest absolute Gasteiger partial charge is 0.466 e. The maximum Gasteiger partial charge on any atom is 0.306 e. The van der Waals surface area contributed by atoms with Crippen molar-refractivity contribution in [3.8, 4) is 0 Å². The first-order valence-electron chi connectivity index (χ1n) is 7.33. The van der Waals surface area contributed by atoms with E-state index in [1.807, 2.05) is 18.2 Å². The lowest BCUT2D eigenvalue weighted by Gasteiger charge is -2.09. The molecular formula is C16H19NO5. The lowest BCUT2D eigenvalue weighted by molar-refractivity contribution is -0.483. The van der Waals surface area contributed by atoms with Gasteiger partial charge < -0.3 is 9.15 Å². The van der Waals surface area contributed by atoms with Crippen LogP contribution in [0.3, 0.4) is 0 Å². The van der Waals surface area contributed by atoms with Crippen LogP contribution in [0.2, 0.25) is 0 Å². The second-order valence-corrected chi connectivity index (χ2v) is 5.10. The van der Waals surface area contributed by atoms with Gasteiger partial charge in [0.05, 0.1) is 18.9 Å². The summed E-state index contributed by atoms with van der Waals surface area (Å²) in [6.45, 7) is 3.65. The van der Waals surface area contributed by atoms with Gasteiger partial charge in [-0.1, -0.05) is 13.0 Å². The fraction of sp³-hybridized carbons (Fsp3) is 0.438. The molecule has 0 amide bonds. The summed E-state index contributed by atoms with van der Waals surface area (Å²) in [6.07, 6.45) is 0.840. The summed E-state index contributed by atoms with van der Waals surface area (Å²) in [5, 5.41) is 11.7. The van der Waals surface area contributed by atoms with Crippen molar-refractivity contribution in [1.29, 1.82) is 0 Å². The lowest BCUT2D eigenvalue weighted by Crippen LogP contribution is -2.17. The summed E-state index contributed by atoms with van der Waals surface area (Å²) in [5.41, 5.74) is 1.83. The van der Waals surface area contributed by atoms with E-state index in [2.05, 4.69) is 6.92 Å². The number of nitro groups is 1. The molecule has 0 spiro atoms. The molecule has 1 heterocycles. The number of hydrogen-bond donors (Lipinski definition) is 0. The average molecular weight is 305 g/mol. The topological polar surface area (TPSA) is 82.6 Å². The first-order chi connectivity index (χ1) is 10.5. The molecule has 6 heteroatoms. The molecule has 0 saturated heterocycles. The van der Waals surface area contributed by atoms with Crippen LogP contribution in [0, 0.1) is 10.1 Å². The summed E-state index contributed by atoms with van der Waals surface area (Å²) >= 11 is 0. The van der Waals surface area contributed by atoms with Gasteiger partial charge in [-0.2, -0.15) is 0 Å². The smallest absolute Gasteiger partial charge is 0.306 e. The minimum absolute atomic E-state index is 0.0602. The number of carbonyl (C=O) groups is 1. The normalized spacial score (nSPS) is 12.3. The number of aryl methyl sites for hydroxylation is 1. The second-order valence-electron chi connectivity index (χ2n) is 5.10. The van der Waals surface area contributed by atoms with Gasteiger partial charge in [-0.3, -0.25) is 14.9 Å². The van der Waals surface area contributed by atoms with Gasteiger partial charge >= 0.3 is 5.97 Å². The van der Waals surface area contributed by atoms with Crippen LogP contribution in [-0.2, 0) is 16.0 Å². The predicted octanol–water partition coefficient (Wildman–Crippen LogP) is 3.31. The molecule has 6 nitrogen and oxygen atoms in total. The predicted molar refractivity (Wildman–Crippen MR) is 81.4 cm³/mol. The molecule has 0 fully saturated rings. The van der Waals surface area contributed by atoms with Crippen molar-refractivity contribution in [1.82, 2.24) is 0 Å². The Bertz CT molecular complexity index is 676. The number of furan rings is 1. The zero-order chi connectivity index (χ0) is 16.1. The van der Waals surface area contributed by atoms with Crippen molar-refractivity contribution in [2.24, 2.45) is 0 Å². The molecular weight excluding hydrogens is 286 g/mol. The van der Waals surface area contributed by atoms with Gasteiger partial charge in [0.2, 0.25) is 6.54 Å². The Kier molecular flexibility index (Phi) is 5.14. The van der Waals surface area contributed by atoms with Crippen LogP contribution in [0.1, 0.15) is 37.5 Å². The fourth-order valence-electron chi connectivity index (χ4n) is 2.39. The zero-order valence-electron chi connectivity index (χ0n) is 12.7. The highest BCUT2D eigenvalue weighted by Gasteiger charge is 2.25. The molecule has 0 aliphatic heterocycles. The molecule has 1 aromatic carbocycles. The molecule has 0 aliphatic carbocycles. The zero-order valence-corrected chi connectivity index (χ0v) is 12.7. The molecule has 1 unspecified atom stereocenters. The van der Waals surface area contributed by atoms with Gasteiger partial charge in [0.15, 0.2) is 0 Å². The Morgan fingerprint density at radius 1 is 1.36 bits per heavy atom. The van der Waals surface area contributed by atoms with E-state index in [0.717, 1.165) is 17.4 Å². The Labute approximate surface area is 128 Å². The SMILES string of the molecule is CCOC(=O)CC(C[N+](=O)[O-])c1cc2cc(CC)ccc2o1. The van der Waals surface area contributed by atoms with Gasteiger partial charge in [0.25, 0.3) is 0 Å². The molecule has 2 aromatic rings. The number of esters is 1. The maximum atomic E-state index is 11.6. The standard InChI is InChI=1S/C16H19NO5/c1-3-11-5-6-14-12(7-11)8-15(22-14)13(10-17(19)20)9-16(18)21-4-2/h5-8,13H,3-4,9-10H2,1-2H3. The van der Waals surface area contributed by atoms with E-state index >= 15 is 0 Å². The van der Waals surface area contributed by atoms with Crippen LogP contribution in [0.5, 0.6) is 0 Å². The minimum atomic E-state index is -0.619. The molecule has 22 heavy (non-hydrogen) atoms. The van der Waals surface area contributed by atoms with Gasteiger partial charge in [0, 0.05) is 10.3 Å². The Morgan fingerprint density at radius 3 is 2.77 bits per heavy atom. The summed E-state index contributed by atoms with van der Waals surface area (Å²) in [7, 11) is 0. The molecule has 2 rings (SSSR count). The van der Waals surface area contributed by atoms with Crippen LogP contribution < -0.4 is 0 Å². The van der Waals surface area contributed by atoms with Crippen molar-refractivity contribution in [2.45, 2.75) is 32.6 Å². The minimum Gasteiger partial charge on any atom is -0.466 e. The van der Waals surface area contributed by atoms with Crippen molar-refractivity contribution in [3.05, 3.63) is 45.7 Å². The van der Waals surface area contributed by atoms with Gasteiger partial charge in [-0.05, 0) is 37.1 Å². The van der Waals surface area contributed by atoms with Crippen LogP contribution in [0.15, 0.2) is 28.7 Å². The third-order valence-corrected chi connectivity index (χ3v) is 3.50. The first-order valence-corrected chi connectivity index (χ1v) is 7.33.